The topological polar surface area (TPSA) is 96.9 Å². The fourth-order valence-electron chi connectivity index (χ4n) is 2.49. The summed E-state index contributed by atoms with van der Waals surface area (Å²) in [5, 5.41) is 4.39. The number of methoxy groups -OCH3 is 1. The maximum absolute atomic E-state index is 12.4. The van der Waals surface area contributed by atoms with E-state index >= 15 is 0 Å². The summed E-state index contributed by atoms with van der Waals surface area (Å²) >= 11 is 9.19. The Kier molecular flexibility index (Phi) is 7.32. The monoisotopic (exact) mass is 521 g/mol. The number of hydrogen-bond acceptors (Lipinski definition) is 5. The van der Waals surface area contributed by atoms with E-state index in [2.05, 4.69) is 31.2 Å². The number of anilines is 1. The van der Waals surface area contributed by atoms with Gasteiger partial charge in [0.05, 0.1) is 18.2 Å². The maximum Gasteiger partial charge on any atom is 0.271 e. The number of amides is 1. The second-order valence-electron chi connectivity index (χ2n) is 6.22. The molecule has 3 aromatic carbocycles. The van der Waals surface area contributed by atoms with Gasteiger partial charge in [-0.3, -0.25) is 9.52 Å². The molecule has 3 aromatic rings. The lowest BCUT2D eigenvalue weighted by molar-refractivity contribution is 0.0955. The highest BCUT2D eigenvalue weighted by Crippen LogP contribution is 2.21. The molecule has 1 amide bonds. The molecule has 0 aliphatic carbocycles. The summed E-state index contributed by atoms with van der Waals surface area (Å²) in [5.41, 5.74) is 3.79. The molecule has 0 heterocycles. The van der Waals surface area contributed by atoms with Gasteiger partial charge >= 0.3 is 0 Å². The number of carbonyl (C=O) groups excluding carboxylic acids is 1. The molecule has 160 valence electrons. The van der Waals surface area contributed by atoms with E-state index < -0.39 is 15.9 Å². The van der Waals surface area contributed by atoms with Crippen molar-refractivity contribution in [2.24, 2.45) is 5.10 Å². The van der Waals surface area contributed by atoms with Gasteiger partial charge in [0.2, 0.25) is 0 Å². The number of hydrogen-bond donors (Lipinski definition) is 2. The molecular weight excluding hydrogens is 506 g/mol. The predicted molar refractivity (Wildman–Crippen MR) is 124 cm³/mol. The third kappa shape index (κ3) is 6.06. The van der Waals surface area contributed by atoms with Gasteiger partial charge in [-0.1, -0.05) is 27.5 Å². The number of carbonyl (C=O) groups is 1. The molecule has 0 fully saturated rings. The van der Waals surface area contributed by atoms with E-state index in [1.165, 1.54) is 54.7 Å². The molecule has 0 bridgehead atoms. The molecule has 31 heavy (non-hydrogen) atoms. The molecule has 0 spiro atoms. The summed E-state index contributed by atoms with van der Waals surface area (Å²) in [6.45, 7) is 0. The molecule has 0 aromatic heterocycles. The third-order valence-electron chi connectivity index (χ3n) is 4.10. The molecule has 2 N–H and O–H groups in total. The van der Waals surface area contributed by atoms with Gasteiger partial charge in [0.1, 0.15) is 5.75 Å². The van der Waals surface area contributed by atoms with Crippen molar-refractivity contribution in [3.05, 3.63) is 87.4 Å². The molecular formula is C21H17BrClN3O4S. The number of hydrazone groups is 1. The van der Waals surface area contributed by atoms with Crippen molar-refractivity contribution >= 4 is 55.4 Å². The minimum atomic E-state index is -3.77. The van der Waals surface area contributed by atoms with Crippen LogP contribution in [0.3, 0.4) is 0 Å². The Balaban J connectivity index is 1.64. The number of nitrogens with one attached hydrogen (secondary N) is 2. The minimum Gasteiger partial charge on any atom is -0.497 e. The van der Waals surface area contributed by atoms with Crippen LogP contribution in [0.4, 0.5) is 5.69 Å². The van der Waals surface area contributed by atoms with Gasteiger partial charge in [-0.25, -0.2) is 13.8 Å². The van der Waals surface area contributed by atoms with Crippen LogP contribution in [0.1, 0.15) is 15.9 Å². The number of halogens is 2. The van der Waals surface area contributed by atoms with Crippen LogP contribution in [0.2, 0.25) is 5.02 Å². The highest BCUT2D eigenvalue weighted by Gasteiger charge is 2.14. The summed E-state index contributed by atoms with van der Waals surface area (Å²) in [6, 6.07) is 17.1. The van der Waals surface area contributed by atoms with E-state index in [1.54, 1.807) is 19.2 Å². The third-order valence-corrected chi connectivity index (χ3v) is 6.47. The van der Waals surface area contributed by atoms with E-state index in [9.17, 15) is 13.2 Å². The quantitative estimate of drug-likeness (QED) is 0.348. The highest BCUT2D eigenvalue weighted by atomic mass is 79.9. The predicted octanol–water partition coefficient (Wildman–Crippen LogP) is 4.68. The Morgan fingerprint density at radius 2 is 1.74 bits per heavy atom. The maximum atomic E-state index is 12.4. The fourth-order valence-corrected chi connectivity index (χ4v) is 4.02. The number of benzene rings is 3. The van der Waals surface area contributed by atoms with Crippen molar-refractivity contribution in [2.75, 3.05) is 11.8 Å². The Morgan fingerprint density at radius 1 is 1.06 bits per heavy atom. The van der Waals surface area contributed by atoms with E-state index in [0.29, 0.717) is 22.0 Å². The molecule has 0 radical (unpaired) electrons. The van der Waals surface area contributed by atoms with E-state index in [-0.39, 0.29) is 4.90 Å². The lowest BCUT2D eigenvalue weighted by Crippen LogP contribution is -2.18. The Labute approximate surface area is 193 Å². The second kappa shape index (κ2) is 9.95. The van der Waals surface area contributed by atoms with Crippen molar-refractivity contribution in [3.63, 3.8) is 0 Å². The number of rotatable bonds is 7. The summed E-state index contributed by atoms with van der Waals surface area (Å²) < 4.78 is 33.2. The Bertz CT molecular complexity index is 1210. The van der Waals surface area contributed by atoms with Crippen LogP contribution in [0.5, 0.6) is 5.75 Å². The number of ether oxygens (including phenoxy) is 1. The summed E-state index contributed by atoms with van der Waals surface area (Å²) in [4.78, 5) is 12.4. The van der Waals surface area contributed by atoms with Crippen LogP contribution in [-0.4, -0.2) is 27.6 Å². The second-order valence-corrected chi connectivity index (χ2v) is 9.20. The molecule has 0 atom stereocenters. The van der Waals surface area contributed by atoms with Crippen LogP contribution in [-0.2, 0) is 10.0 Å². The normalized spacial score (nSPS) is 11.3. The van der Waals surface area contributed by atoms with Gasteiger partial charge < -0.3 is 4.74 Å². The number of sulfonamides is 1. The van der Waals surface area contributed by atoms with E-state index in [1.807, 2.05) is 6.07 Å². The first-order valence-corrected chi connectivity index (χ1v) is 11.5. The van der Waals surface area contributed by atoms with Crippen molar-refractivity contribution in [1.82, 2.24) is 5.43 Å². The molecule has 0 aliphatic heterocycles. The van der Waals surface area contributed by atoms with Gasteiger partial charge in [0.15, 0.2) is 0 Å². The minimum absolute atomic E-state index is 0.0803. The first kappa shape index (κ1) is 22.8. The Morgan fingerprint density at radius 3 is 2.39 bits per heavy atom. The molecule has 0 saturated heterocycles. The van der Waals surface area contributed by atoms with E-state index in [4.69, 9.17) is 16.3 Å². The first-order chi connectivity index (χ1) is 14.8. The lowest BCUT2D eigenvalue weighted by atomic mass is 10.2. The smallest absolute Gasteiger partial charge is 0.271 e. The molecule has 10 heteroatoms. The van der Waals surface area contributed by atoms with Crippen LogP contribution < -0.4 is 14.9 Å². The van der Waals surface area contributed by atoms with Crippen molar-refractivity contribution in [1.29, 1.82) is 0 Å². The van der Waals surface area contributed by atoms with Crippen LogP contribution in [0.25, 0.3) is 0 Å². The van der Waals surface area contributed by atoms with Crippen LogP contribution >= 0.6 is 27.5 Å². The van der Waals surface area contributed by atoms with Crippen LogP contribution in [0.15, 0.2) is 81.2 Å². The highest BCUT2D eigenvalue weighted by molar-refractivity contribution is 9.10. The molecule has 0 saturated carbocycles. The number of nitrogens with zero attached hydrogens (tertiary/aromatic N) is 1. The van der Waals surface area contributed by atoms with E-state index in [0.717, 1.165) is 10.0 Å². The van der Waals surface area contributed by atoms with Gasteiger partial charge in [-0.15, -0.1) is 0 Å². The zero-order valence-corrected chi connectivity index (χ0v) is 19.3. The van der Waals surface area contributed by atoms with Gasteiger partial charge in [-0.05, 0) is 66.7 Å². The van der Waals surface area contributed by atoms with Gasteiger partial charge in [-0.2, -0.15) is 5.10 Å². The lowest BCUT2D eigenvalue weighted by Gasteiger charge is -2.09. The first-order valence-electron chi connectivity index (χ1n) is 8.84. The van der Waals surface area contributed by atoms with Gasteiger partial charge in [0.25, 0.3) is 15.9 Å². The molecule has 0 aliphatic rings. The van der Waals surface area contributed by atoms with Gasteiger partial charge in [0, 0.05) is 26.3 Å². The summed E-state index contributed by atoms with van der Waals surface area (Å²) in [6.07, 6.45) is 1.49. The molecule has 0 unspecified atom stereocenters. The van der Waals surface area contributed by atoms with Crippen molar-refractivity contribution in [3.8, 4) is 5.75 Å². The zero-order chi connectivity index (χ0) is 22.4. The summed E-state index contributed by atoms with van der Waals surface area (Å²) in [7, 11) is -2.20. The fraction of sp³-hybridized carbons (Fsp3) is 0.0476. The largest absolute Gasteiger partial charge is 0.497 e. The van der Waals surface area contributed by atoms with Crippen molar-refractivity contribution < 1.29 is 17.9 Å². The Hall–Kier alpha value is -2.88. The van der Waals surface area contributed by atoms with Crippen LogP contribution in [0, 0.1) is 0 Å². The SMILES string of the molecule is COc1ccc(Br)c(/C=N\NC(=O)c2ccc(NS(=O)(=O)c3ccc(Cl)cc3)cc2)c1. The average molecular weight is 523 g/mol. The summed E-state index contributed by atoms with van der Waals surface area (Å²) in [5.74, 6) is 0.218. The molecule has 3 rings (SSSR count). The molecule has 7 nitrogen and oxygen atoms in total. The zero-order valence-electron chi connectivity index (χ0n) is 16.2. The standard InChI is InChI=1S/C21H17BrClN3O4S/c1-30-18-8-11-20(22)15(12-18)13-24-25-21(27)14-2-6-17(7-3-14)26-31(28,29)19-9-4-16(23)5-10-19/h2-13,26H,1H3,(H,25,27)/b24-13-. The van der Waals surface area contributed by atoms with Crippen molar-refractivity contribution in [2.45, 2.75) is 4.90 Å². The average Bonchev–Trinajstić information content (AvgIpc) is 2.75.